The van der Waals surface area contributed by atoms with Gasteiger partial charge in [-0.2, -0.15) is 11.8 Å². The second-order valence-electron chi connectivity index (χ2n) is 4.14. The molecule has 1 aromatic heterocycles. The summed E-state index contributed by atoms with van der Waals surface area (Å²) in [7, 11) is 3.38. The number of pyridine rings is 1. The van der Waals surface area contributed by atoms with Gasteiger partial charge in [-0.15, -0.1) is 0 Å². The molecule has 0 N–H and O–H groups in total. The number of anilines is 1. The van der Waals surface area contributed by atoms with Gasteiger partial charge in [0.25, 0.3) is 0 Å². The summed E-state index contributed by atoms with van der Waals surface area (Å²) in [5, 5.41) is 0. The topological polar surface area (TPSA) is 42.4 Å². The number of hydrogen-bond acceptors (Lipinski definition) is 5. The third kappa shape index (κ3) is 3.91. The van der Waals surface area contributed by atoms with Crippen molar-refractivity contribution in [2.24, 2.45) is 0 Å². The van der Waals surface area contributed by atoms with Gasteiger partial charge in [-0.25, -0.2) is 9.78 Å². The number of rotatable bonds is 6. The number of nitrogens with zero attached hydrogens (tertiary/aromatic N) is 2. The van der Waals surface area contributed by atoms with E-state index in [0.29, 0.717) is 11.6 Å². The molecule has 0 aliphatic rings. The summed E-state index contributed by atoms with van der Waals surface area (Å²) < 4.78 is 4.71. The molecule has 1 rings (SSSR count). The Balaban J connectivity index is 2.79. The largest absolute Gasteiger partial charge is 0.465 e. The number of carbonyl (C=O) groups is 1. The fourth-order valence-corrected chi connectivity index (χ4v) is 2.14. The molecule has 0 amide bonds. The van der Waals surface area contributed by atoms with E-state index in [4.69, 9.17) is 4.74 Å². The normalized spacial score (nSPS) is 12.0. The van der Waals surface area contributed by atoms with Crippen LogP contribution in [0, 0.1) is 0 Å². The average molecular weight is 268 g/mol. The van der Waals surface area contributed by atoms with Crippen molar-refractivity contribution in [3.8, 4) is 0 Å². The standard InChI is InChI=1S/C13H20N2O2S/c1-10(6-8-18-4)15(2)12-9-11(5-7-14-12)13(16)17-3/h5,7,9-10H,6,8H2,1-4H3. The van der Waals surface area contributed by atoms with E-state index in [1.165, 1.54) is 7.11 Å². The number of esters is 1. The van der Waals surface area contributed by atoms with Gasteiger partial charge in [-0.3, -0.25) is 0 Å². The quantitative estimate of drug-likeness (QED) is 0.741. The van der Waals surface area contributed by atoms with E-state index in [1.807, 2.05) is 18.8 Å². The predicted octanol–water partition coefficient (Wildman–Crippen LogP) is 2.45. The Labute approximate surface area is 113 Å². The Morgan fingerprint density at radius 2 is 2.33 bits per heavy atom. The molecule has 0 saturated carbocycles. The second kappa shape index (κ2) is 7.26. The van der Waals surface area contributed by atoms with Gasteiger partial charge in [0.1, 0.15) is 5.82 Å². The molecule has 1 heterocycles. The lowest BCUT2D eigenvalue weighted by Crippen LogP contribution is -2.30. The monoisotopic (exact) mass is 268 g/mol. The van der Waals surface area contributed by atoms with Gasteiger partial charge in [-0.05, 0) is 37.5 Å². The molecule has 4 nitrogen and oxygen atoms in total. The zero-order valence-electron chi connectivity index (χ0n) is 11.3. The van der Waals surface area contributed by atoms with Gasteiger partial charge >= 0.3 is 5.97 Å². The highest BCUT2D eigenvalue weighted by molar-refractivity contribution is 7.98. The molecule has 1 unspecified atom stereocenters. The molecule has 0 spiro atoms. The highest BCUT2D eigenvalue weighted by Gasteiger charge is 2.13. The third-order valence-corrected chi connectivity index (χ3v) is 3.57. The van der Waals surface area contributed by atoms with Crippen LogP contribution in [-0.4, -0.2) is 43.2 Å². The zero-order valence-corrected chi connectivity index (χ0v) is 12.2. The Kier molecular flexibility index (Phi) is 5.98. The maximum atomic E-state index is 11.5. The lowest BCUT2D eigenvalue weighted by atomic mass is 10.2. The molecular formula is C13H20N2O2S. The first-order valence-corrected chi connectivity index (χ1v) is 7.25. The molecule has 0 fully saturated rings. The maximum Gasteiger partial charge on any atom is 0.338 e. The highest BCUT2D eigenvalue weighted by Crippen LogP contribution is 2.16. The predicted molar refractivity (Wildman–Crippen MR) is 76.4 cm³/mol. The van der Waals surface area contributed by atoms with Gasteiger partial charge < -0.3 is 9.64 Å². The Morgan fingerprint density at radius 1 is 1.61 bits per heavy atom. The number of methoxy groups -OCH3 is 1. The molecule has 0 aromatic carbocycles. The van der Waals surface area contributed by atoms with Crippen LogP contribution < -0.4 is 4.90 Å². The number of ether oxygens (including phenoxy) is 1. The van der Waals surface area contributed by atoms with Crippen molar-refractivity contribution in [3.63, 3.8) is 0 Å². The van der Waals surface area contributed by atoms with Crippen molar-refractivity contribution >= 4 is 23.5 Å². The summed E-state index contributed by atoms with van der Waals surface area (Å²) in [5.74, 6) is 1.58. The van der Waals surface area contributed by atoms with E-state index in [9.17, 15) is 4.79 Å². The Bertz CT molecular complexity index is 398. The van der Waals surface area contributed by atoms with Crippen LogP contribution in [0.4, 0.5) is 5.82 Å². The first-order valence-electron chi connectivity index (χ1n) is 5.86. The molecular weight excluding hydrogens is 248 g/mol. The molecule has 0 bridgehead atoms. The summed E-state index contributed by atoms with van der Waals surface area (Å²) in [6, 6.07) is 3.81. The zero-order chi connectivity index (χ0) is 13.5. The maximum absolute atomic E-state index is 11.5. The highest BCUT2D eigenvalue weighted by atomic mass is 32.2. The van der Waals surface area contributed by atoms with Crippen LogP contribution in [0.2, 0.25) is 0 Å². The van der Waals surface area contributed by atoms with Gasteiger partial charge in [0.15, 0.2) is 0 Å². The first kappa shape index (κ1) is 14.8. The molecule has 100 valence electrons. The fourth-order valence-electron chi connectivity index (χ4n) is 1.56. The number of aromatic nitrogens is 1. The van der Waals surface area contributed by atoms with E-state index in [1.54, 1.807) is 18.3 Å². The van der Waals surface area contributed by atoms with Gasteiger partial charge in [0, 0.05) is 19.3 Å². The van der Waals surface area contributed by atoms with Crippen LogP contribution in [0.1, 0.15) is 23.7 Å². The van der Waals surface area contributed by atoms with E-state index < -0.39 is 0 Å². The SMILES string of the molecule is COC(=O)c1ccnc(N(C)C(C)CCSC)c1. The van der Waals surface area contributed by atoms with Crippen molar-refractivity contribution in [3.05, 3.63) is 23.9 Å². The van der Waals surface area contributed by atoms with E-state index in [-0.39, 0.29) is 5.97 Å². The summed E-state index contributed by atoms with van der Waals surface area (Å²) >= 11 is 1.83. The Morgan fingerprint density at radius 3 is 2.94 bits per heavy atom. The fraction of sp³-hybridized carbons (Fsp3) is 0.538. The van der Waals surface area contributed by atoms with Crippen LogP contribution >= 0.6 is 11.8 Å². The van der Waals surface area contributed by atoms with Crippen molar-refractivity contribution in [2.45, 2.75) is 19.4 Å². The van der Waals surface area contributed by atoms with E-state index in [2.05, 4.69) is 23.1 Å². The number of thioether (sulfide) groups is 1. The minimum Gasteiger partial charge on any atom is -0.465 e. The minimum atomic E-state index is -0.330. The summed E-state index contributed by atoms with van der Waals surface area (Å²) in [4.78, 5) is 17.8. The molecule has 5 heteroatoms. The van der Waals surface area contributed by atoms with Crippen LogP contribution in [-0.2, 0) is 4.74 Å². The number of carbonyl (C=O) groups excluding carboxylic acids is 1. The van der Waals surface area contributed by atoms with Crippen molar-refractivity contribution in [1.82, 2.24) is 4.98 Å². The summed E-state index contributed by atoms with van der Waals surface area (Å²) in [6.45, 7) is 2.16. The minimum absolute atomic E-state index is 0.330. The van der Waals surface area contributed by atoms with Crippen LogP contribution in [0.3, 0.4) is 0 Å². The molecule has 1 aromatic rings. The Hall–Kier alpha value is -1.23. The van der Waals surface area contributed by atoms with Gasteiger partial charge in [-0.1, -0.05) is 0 Å². The molecule has 0 radical (unpaired) electrons. The molecule has 0 saturated heterocycles. The van der Waals surface area contributed by atoms with Crippen molar-refractivity contribution < 1.29 is 9.53 Å². The van der Waals surface area contributed by atoms with Crippen LogP contribution in [0.5, 0.6) is 0 Å². The average Bonchev–Trinajstić information content (AvgIpc) is 2.43. The van der Waals surface area contributed by atoms with Gasteiger partial charge in [0.2, 0.25) is 0 Å². The van der Waals surface area contributed by atoms with E-state index in [0.717, 1.165) is 18.0 Å². The molecule has 0 aliphatic carbocycles. The second-order valence-corrected chi connectivity index (χ2v) is 5.12. The van der Waals surface area contributed by atoms with E-state index >= 15 is 0 Å². The van der Waals surface area contributed by atoms with Crippen molar-refractivity contribution in [1.29, 1.82) is 0 Å². The van der Waals surface area contributed by atoms with Crippen molar-refractivity contribution in [2.75, 3.05) is 31.1 Å². The lowest BCUT2D eigenvalue weighted by molar-refractivity contribution is 0.0600. The molecule has 1 atom stereocenters. The van der Waals surface area contributed by atoms with Gasteiger partial charge in [0.05, 0.1) is 12.7 Å². The molecule has 0 aliphatic heterocycles. The summed E-state index contributed by atoms with van der Waals surface area (Å²) in [6.07, 6.45) is 4.82. The lowest BCUT2D eigenvalue weighted by Gasteiger charge is -2.26. The van der Waals surface area contributed by atoms with Crippen LogP contribution in [0.15, 0.2) is 18.3 Å². The third-order valence-electron chi connectivity index (χ3n) is 2.93. The molecule has 18 heavy (non-hydrogen) atoms. The number of hydrogen-bond donors (Lipinski definition) is 0. The first-order chi connectivity index (χ1) is 8.60. The smallest absolute Gasteiger partial charge is 0.338 e. The van der Waals surface area contributed by atoms with Crippen LogP contribution in [0.25, 0.3) is 0 Å². The summed E-state index contributed by atoms with van der Waals surface area (Å²) in [5.41, 5.74) is 0.534.